The van der Waals surface area contributed by atoms with Gasteiger partial charge in [-0.2, -0.15) is 0 Å². The largest absolute Gasteiger partial charge is 0.383 e. The van der Waals surface area contributed by atoms with E-state index >= 15 is 0 Å². The van der Waals surface area contributed by atoms with Crippen LogP contribution in [0.4, 0.5) is 11.4 Å². The fourth-order valence-corrected chi connectivity index (χ4v) is 2.79. The van der Waals surface area contributed by atoms with E-state index in [9.17, 15) is 0 Å². The smallest absolute Gasteiger partial charge is 0.0596 e. The first-order valence-electron chi connectivity index (χ1n) is 6.84. The van der Waals surface area contributed by atoms with Gasteiger partial charge in [0.2, 0.25) is 0 Å². The molecule has 98 valence electrons. The van der Waals surface area contributed by atoms with E-state index in [4.69, 9.17) is 0 Å². The van der Waals surface area contributed by atoms with Gasteiger partial charge in [0, 0.05) is 26.6 Å². The Morgan fingerprint density at radius 2 is 1.79 bits per heavy atom. The third kappa shape index (κ3) is 2.30. The molecule has 0 spiro atoms. The molecule has 1 aliphatic rings. The van der Waals surface area contributed by atoms with Crippen molar-refractivity contribution in [2.24, 2.45) is 0 Å². The topological polar surface area (TPSA) is 15.3 Å². The molecule has 1 atom stereocenters. The Bertz CT molecular complexity index is 575. The highest BCUT2D eigenvalue weighted by Crippen LogP contribution is 2.35. The molecule has 1 aliphatic carbocycles. The van der Waals surface area contributed by atoms with Crippen LogP contribution in [0.15, 0.2) is 48.5 Å². The van der Waals surface area contributed by atoms with Crippen LogP contribution in [0.2, 0.25) is 0 Å². The first-order chi connectivity index (χ1) is 9.25. The first kappa shape index (κ1) is 12.1. The maximum absolute atomic E-state index is 3.60. The minimum atomic E-state index is 0.659. The Morgan fingerprint density at radius 1 is 1.05 bits per heavy atom. The Balaban J connectivity index is 1.69. The zero-order valence-electron chi connectivity index (χ0n) is 11.6. The second kappa shape index (κ2) is 4.96. The van der Waals surface area contributed by atoms with Crippen molar-refractivity contribution in [3.63, 3.8) is 0 Å². The van der Waals surface area contributed by atoms with Gasteiger partial charge < -0.3 is 10.2 Å². The molecule has 2 heteroatoms. The molecule has 1 unspecified atom stereocenters. The third-order valence-corrected chi connectivity index (χ3v) is 3.89. The average molecular weight is 252 g/mol. The Morgan fingerprint density at radius 3 is 2.58 bits per heavy atom. The summed E-state index contributed by atoms with van der Waals surface area (Å²) in [6.45, 7) is 1.02. The van der Waals surface area contributed by atoms with E-state index in [0.29, 0.717) is 5.92 Å². The monoisotopic (exact) mass is 252 g/mol. The van der Waals surface area contributed by atoms with Gasteiger partial charge >= 0.3 is 0 Å². The van der Waals surface area contributed by atoms with Crippen LogP contribution in [0.5, 0.6) is 0 Å². The van der Waals surface area contributed by atoms with E-state index in [1.54, 1.807) is 0 Å². The Kier molecular flexibility index (Phi) is 3.16. The van der Waals surface area contributed by atoms with E-state index in [-0.39, 0.29) is 0 Å². The molecule has 0 radical (unpaired) electrons. The summed E-state index contributed by atoms with van der Waals surface area (Å²) in [7, 11) is 4.17. The van der Waals surface area contributed by atoms with Crippen LogP contribution in [0.1, 0.15) is 17.0 Å². The highest BCUT2D eigenvalue weighted by molar-refractivity contribution is 5.69. The molecular formula is C17H20N2. The van der Waals surface area contributed by atoms with Gasteiger partial charge in [-0.1, -0.05) is 36.4 Å². The number of fused-ring (bicyclic) bond motifs is 1. The molecule has 0 amide bonds. The summed E-state index contributed by atoms with van der Waals surface area (Å²) < 4.78 is 0. The van der Waals surface area contributed by atoms with Crippen molar-refractivity contribution in [1.29, 1.82) is 0 Å². The first-order valence-corrected chi connectivity index (χ1v) is 6.84. The van der Waals surface area contributed by atoms with Crippen LogP contribution in [-0.2, 0) is 6.42 Å². The molecule has 0 saturated carbocycles. The van der Waals surface area contributed by atoms with Crippen molar-refractivity contribution in [3.05, 3.63) is 59.7 Å². The maximum Gasteiger partial charge on any atom is 0.0596 e. The van der Waals surface area contributed by atoms with Gasteiger partial charge in [-0.15, -0.1) is 0 Å². The molecule has 0 aliphatic heterocycles. The summed E-state index contributed by atoms with van der Waals surface area (Å²) in [6, 6.07) is 17.2. The molecule has 2 aromatic carbocycles. The van der Waals surface area contributed by atoms with E-state index < -0.39 is 0 Å². The molecule has 0 heterocycles. The quantitative estimate of drug-likeness (QED) is 0.896. The predicted molar refractivity (Wildman–Crippen MR) is 82.1 cm³/mol. The molecule has 0 saturated heterocycles. The summed E-state index contributed by atoms with van der Waals surface area (Å²) in [6.07, 6.45) is 1.20. The minimum absolute atomic E-state index is 0.659. The zero-order chi connectivity index (χ0) is 13.2. The average Bonchev–Trinajstić information content (AvgIpc) is 2.40. The number of benzene rings is 2. The van der Waals surface area contributed by atoms with Crippen LogP contribution in [0, 0.1) is 0 Å². The van der Waals surface area contributed by atoms with Gasteiger partial charge in [0.05, 0.1) is 11.4 Å². The van der Waals surface area contributed by atoms with E-state index in [1.807, 2.05) is 0 Å². The van der Waals surface area contributed by atoms with Crippen molar-refractivity contribution >= 4 is 11.4 Å². The van der Waals surface area contributed by atoms with Gasteiger partial charge in [0.25, 0.3) is 0 Å². The Labute approximate surface area is 115 Å². The van der Waals surface area contributed by atoms with Crippen LogP contribution in [0.3, 0.4) is 0 Å². The third-order valence-electron chi connectivity index (χ3n) is 3.89. The maximum atomic E-state index is 3.60. The van der Waals surface area contributed by atoms with Gasteiger partial charge in [-0.3, -0.25) is 0 Å². The molecular weight excluding hydrogens is 232 g/mol. The van der Waals surface area contributed by atoms with Gasteiger partial charge in [0.1, 0.15) is 0 Å². The molecule has 19 heavy (non-hydrogen) atoms. The number of anilines is 2. The number of para-hydroxylation sites is 2. The highest BCUT2D eigenvalue weighted by atomic mass is 15.1. The molecule has 2 nitrogen and oxygen atoms in total. The molecule has 0 bridgehead atoms. The molecule has 2 aromatic rings. The van der Waals surface area contributed by atoms with Crippen LogP contribution < -0.4 is 10.2 Å². The van der Waals surface area contributed by atoms with E-state index in [0.717, 1.165) is 6.54 Å². The molecule has 3 rings (SSSR count). The zero-order valence-corrected chi connectivity index (χ0v) is 11.6. The number of hydrogen-bond acceptors (Lipinski definition) is 2. The highest BCUT2D eigenvalue weighted by Gasteiger charge is 2.24. The number of rotatable bonds is 4. The van der Waals surface area contributed by atoms with Gasteiger partial charge in [0.15, 0.2) is 0 Å². The lowest BCUT2D eigenvalue weighted by atomic mass is 9.77. The molecule has 1 N–H and O–H groups in total. The predicted octanol–water partition coefficient (Wildman–Crippen LogP) is 3.50. The van der Waals surface area contributed by atoms with Crippen LogP contribution in [-0.4, -0.2) is 20.6 Å². The normalized spacial score (nSPS) is 16.4. The lowest BCUT2D eigenvalue weighted by molar-refractivity contribution is 0.636. The minimum Gasteiger partial charge on any atom is -0.383 e. The SMILES string of the molecule is CN(C)c1ccccc1NCC1Cc2ccccc21. The summed E-state index contributed by atoms with van der Waals surface area (Å²) in [5.74, 6) is 0.659. The van der Waals surface area contributed by atoms with Crippen LogP contribution >= 0.6 is 0 Å². The summed E-state index contributed by atoms with van der Waals surface area (Å²) in [5, 5.41) is 3.60. The summed E-state index contributed by atoms with van der Waals surface area (Å²) in [5.41, 5.74) is 5.49. The van der Waals surface area contributed by atoms with Crippen molar-refractivity contribution in [2.75, 3.05) is 30.9 Å². The number of nitrogens with one attached hydrogen (secondary N) is 1. The van der Waals surface area contributed by atoms with Crippen molar-refractivity contribution in [2.45, 2.75) is 12.3 Å². The molecule has 0 aromatic heterocycles. The molecule has 0 fully saturated rings. The fraction of sp³-hybridized carbons (Fsp3) is 0.294. The lowest BCUT2D eigenvalue weighted by Gasteiger charge is -2.31. The van der Waals surface area contributed by atoms with E-state index in [2.05, 4.69) is 72.8 Å². The second-order valence-electron chi connectivity index (χ2n) is 5.39. The van der Waals surface area contributed by atoms with Crippen molar-refractivity contribution < 1.29 is 0 Å². The lowest BCUT2D eigenvalue weighted by Crippen LogP contribution is -2.24. The van der Waals surface area contributed by atoms with Crippen LogP contribution in [0.25, 0.3) is 0 Å². The Hall–Kier alpha value is -1.96. The number of nitrogens with zero attached hydrogens (tertiary/aromatic N) is 1. The summed E-state index contributed by atoms with van der Waals surface area (Å²) in [4.78, 5) is 2.15. The van der Waals surface area contributed by atoms with Gasteiger partial charge in [-0.25, -0.2) is 0 Å². The standard InChI is InChI=1S/C17H20N2/c1-19(2)17-10-6-5-9-16(17)18-12-14-11-13-7-3-4-8-15(13)14/h3-10,14,18H,11-12H2,1-2H3. The fourth-order valence-electron chi connectivity index (χ4n) is 2.79. The van der Waals surface area contributed by atoms with Crippen molar-refractivity contribution in [3.8, 4) is 0 Å². The van der Waals surface area contributed by atoms with Gasteiger partial charge in [-0.05, 0) is 29.7 Å². The second-order valence-corrected chi connectivity index (χ2v) is 5.39. The van der Waals surface area contributed by atoms with E-state index in [1.165, 1.54) is 28.9 Å². The number of hydrogen-bond donors (Lipinski definition) is 1. The summed E-state index contributed by atoms with van der Waals surface area (Å²) >= 11 is 0. The van der Waals surface area contributed by atoms with Crippen molar-refractivity contribution in [1.82, 2.24) is 0 Å².